The third-order valence-corrected chi connectivity index (χ3v) is 10.2. The normalized spacial score (nSPS) is 45.1. The summed E-state index contributed by atoms with van der Waals surface area (Å²) < 4.78 is 33.7. The highest BCUT2D eigenvalue weighted by Crippen LogP contribution is 2.77. The molecule has 3 saturated carbocycles. The molecule has 0 bridgehead atoms. The number of nitrogens with zero attached hydrogens (tertiary/aromatic N) is 2. The summed E-state index contributed by atoms with van der Waals surface area (Å²) in [5.41, 5.74) is -2.78. The van der Waals surface area contributed by atoms with Gasteiger partial charge in [-0.3, -0.25) is 9.78 Å². The Balaban J connectivity index is 1.43. The number of alkyl halides is 1. The lowest BCUT2D eigenvalue weighted by molar-refractivity contribution is -0.188. The number of fused-ring (bicyclic) bond motifs is 3. The molecular formula is C28H31FN2O6. The van der Waals surface area contributed by atoms with Crippen LogP contribution in [0.4, 0.5) is 4.39 Å². The summed E-state index contributed by atoms with van der Waals surface area (Å²) in [6.45, 7) is 7.54. The molecule has 5 aliphatic rings. The number of aromatic nitrogens is 2. The number of ketones is 1. The van der Waals surface area contributed by atoms with Gasteiger partial charge in [0.15, 0.2) is 11.5 Å². The van der Waals surface area contributed by atoms with Crippen molar-refractivity contribution in [3.8, 4) is 0 Å². The summed E-state index contributed by atoms with van der Waals surface area (Å²) >= 11 is 0. The van der Waals surface area contributed by atoms with Gasteiger partial charge in [-0.1, -0.05) is 19.9 Å². The van der Waals surface area contributed by atoms with Gasteiger partial charge in [-0.2, -0.15) is 0 Å². The average molecular weight is 511 g/mol. The Labute approximate surface area is 214 Å². The third kappa shape index (κ3) is 2.84. The maximum absolute atomic E-state index is 15.8. The van der Waals surface area contributed by atoms with E-state index in [1.165, 1.54) is 31.7 Å². The number of carbonyl (C=O) groups is 3. The third-order valence-electron chi connectivity index (χ3n) is 10.2. The van der Waals surface area contributed by atoms with Crippen LogP contribution in [-0.4, -0.2) is 58.3 Å². The summed E-state index contributed by atoms with van der Waals surface area (Å²) in [7, 11) is 1.29. The van der Waals surface area contributed by atoms with Crippen molar-refractivity contribution in [2.24, 2.45) is 28.6 Å². The minimum Gasteiger partial charge on any atom is -0.466 e. The second-order valence-corrected chi connectivity index (χ2v) is 11.8. The summed E-state index contributed by atoms with van der Waals surface area (Å²) in [6.07, 6.45) is 7.07. The fraction of sp³-hybridized carbons (Fsp3) is 0.607. The quantitative estimate of drug-likeness (QED) is 0.449. The van der Waals surface area contributed by atoms with E-state index in [1.807, 2.05) is 20.8 Å². The van der Waals surface area contributed by atoms with Crippen LogP contribution >= 0.6 is 0 Å². The summed E-state index contributed by atoms with van der Waals surface area (Å²) in [4.78, 5) is 47.3. The first-order valence-corrected chi connectivity index (χ1v) is 12.8. The van der Waals surface area contributed by atoms with Gasteiger partial charge in [-0.25, -0.2) is 19.0 Å². The molecule has 1 aliphatic heterocycles. The smallest absolute Gasteiger partial charge is 0.359 e. The van der Waals surface area contributed by atoms with E-state index in [2.05, 4.69) is 9.97 Å². The number of esters is 2. The first kappa shape index (κ1) is 24.4. The van der Waals surface area contributed by atoms with Gasteiger partial charge in [-0.15, -0.1) is 0 Å². The molecule has 0 aromatic carbocycles. The van der Waals surface area contributed by atoms with E-state index in [0.717, 1.165) is 0 Å². The molecule has 9 heteroatoms. The van der Waals surface area contributed by atoms with Crippen LogP contribution in [0.25, 0.3) is 0 Å². The monoisotopic (exact) mass is 510 g/mol. The van der Waals surface area contributed by atoms with E-state index >= 15 is 4.39 Å². The zero-order chi connectivity index (χ0) is 26.5. The lowest BCUT2D eigenvalue weighted by Crippen LogP contribution is -2.64. The summed E-state index contributed by atoms with van der Waals surface area (Å²) in [5.74, 6) is -2.41. The van der Waals surface area contributed by atoms with Gasteiger partial charge in [-0.05, 0) is 62.7 Å². The van der Waals surface area contributed by atoms with Gasteiger partial charge in [0.25, 0.3) is 0 Å². The molecule has 1 aromatic heterocycles. The molecule has 8 nitrogen and oxygen atoms in total. The van der Waals surface area contributed by atoms with Crippen molar-refractivity contribution in [1.82, 2.24) is 9.97 Å². The molecule has 2 unspecified atom stereocenters. The zero-order valence-corrected chi connectivity index (χ0v) is 21.6. The molecule has 9 atom stereocenters. The second kappa shape index (κ2) is 7.56. The molecule has 1 saturated heterocycles. The van der Waals surface area contributed by atoms with Crippen LogP contribution in [0.1, 0.15) is 56.2 Å². The van der Waals surface area contributed by atoms with E-state index in [0.29, 0.717) is 24.1 Å². The van der Waals surface area contributed by atoms with Gasteiger partial charge < -0.3 is 14.2 Å². The topological polar surface area (TPSA) is 108 Å². The van der Waals surface area contributed by atoms with Gasteiger partial charge >= 0.3 is 11.9 Å². The molecule has 2 heterocycles. The molecule has 4 aliphatic carbocycles. The number of allylic oxidation sites excluding steroid dienone is 2. The number of carbonyl (C=O) groups excluding carboxylic acids is 3. The predicted octanol–water partition coefficient (Wildman–Crippen LogP) is 3.49. The molecule has 1 aromatic rings. The number of halogens is 1. The lowest BCUT2D eigenvalue weighted by atomic mass is 9.46. The van der Waals surface area contributed by atoms with Crippen LogP contribution in [0.2, 0.25) is 0 Å². The highest BCUT2D eigenvalue weighted by Gasteiger charge is 2.84. The molecule has 6 rings (SSSR count). The summed E-state index contributed by atoms with van der Waals surface area (Å²) in [6, 6.07) is 0. The van der Waals surface area contributed by atoms with Crippen molar-refractivity contribution in [2.75, 3.05) is 7.11 Å². The number of aryl methyl sites for hydroxylation is 1. The van der Waals surface area contributed by atoms with E-state index in [9.17, 15) is 14.4 Å². The molecule has 1 spiro atoms. The number of epoxide rings is 1. The fourth-order valence-electron chi connectivity index (χ4n) is 8.50. The molecule has 4 fully saturated rings. The minimum absolute atomic E-state index is 0.00162. The standard InChI is InChI=1S/C28H31FN2O6/c1-14-8-17-18-10-20(29)19-9-16(32)6-7-25(19,3)28(18)22(36-28)11-26(17,4)27(14,24(34)35-5)37-23(33)21-13-30-15(2)12-31-21/h6-7,9,12-14,17-18,20,22H,8,10-11H2,1-5H3/t14-,17?,18?,20+,22+,25+,26+,27+,28-/m1/s1. The largest absolute Gasteiger partial charge is 0.466 e. The SMILES string of the molecule is COC(=O)[C@@]1(OC(=O)c2cnc(C)cn2)[C@H](C)CC2C3C[C@H](F)C4=CC(=O)C=C[C@]4(C)[C@@]34O[C@H]4C[C@@]21C. The molecule has 196 valence electrons. The molecule has 0 N–H and O–H groups in total. The predicted molar refractivity (Wildman–Crippen MR) is 128 cm³/mol. The van der Waals surface area contributed by atoms with Crippen molar-refractivity contribution < 1.29 is 33.0 Å². The summed E-state index contributed by atoms with van der Waals surface area (Å²) in [5, 5.41) is 0. The Morgan fingerprint density at radius 1 is 1.16 bits per heavy atom. The first-order valence-electron chi connectivity index (χ1n) is 12.8. The Kier molecular flexibility index (Phi) is 4.98. The number of hydrogen-bond donors (Lipinski definition) is 0. The van der Waals surface area contributed by atoms with E-state index in [4.69, 9.17) is 14.2 Å². The van der Waals surface area contributed by atoms with Crippen molar-refractivity contribution in [3.05, 3.63) is 47.6 Å². The average Bonchev–Trinajstić information content (AvgIpc) is 3.54. The van der Waals surface area contributed by atoms with Crippen molar-refractivity contribution in [1.29, 1.82) is 0 Å². The highest BCUT2D eigenvalue weighted by molar-refractivity contribution is 6.01. The maximum atomic E-state index is 15.8. The van der Waals surface area contributed by atoms with Gasteiger partial charge in [0.1, 0.15) is 11.8 Å². The Hall–Kier alpha value is -2.94. The fourth-order valence-corrected chi connectivity index (χ4v) is 8.50. The van der Waals surface area contributed by atoms with E-state index < -0.39 is 46.1 Å². The van der Waals surface area contributed by atoms with Gasteiger partial charge in [0, 0.05) is 22.9 Å². The van der Waals surface area contributed by atoms with Gasteiger partial charge in [0.2, 0.25) is 5.60 Å². The molecule has 0 amide bonds. The maximum Gasteiger partial charge on any atom is 0.359 e. The van der Waals surface area contributed by atoms with Crippen LogP contribution in [-0.2, 0) is 23.8 Å². The van der Waals surface area contributed by atoms with E-state index in [-0.39, 0.29) is 35.8 Å². The van der Waals surface area contributed by atoms with Crippen molar-refractivity contribution in [3.63, 3.8) is 0 Å². The van der Waals surface area contributed by atoms with Crippen molar-refractivity contribution >= 4 is 17.7 Å². The van der Waals surface area contributed by atoms with Crippen LogP contribution in [0.5, 0.6) is 0 Å². The number of ether oxygens (including phenoxy) is 3. The van der Waals surface area contributed by atoms with Crippen LogP contribution in [0.15, 0.2) is 36.2 Å². The van der Waals surface area contributed by atoms with Crippen LogP contribution in [0, 0.1) is 35.5 Å². The molecule has 37 heavy (non-hydrogen) atoms. The van der Waals surface area contributed by atoms with Gasteiger partial charge in [0.05, 0.1) is 25.1 Å². The number of rotatable bonds is 3. The van der Waals surface area contributed by atoms with Crippen LogP contribution < -0.4 is 0 Å². The Morgan fingerprint density at radius 2 is 1.92 bits per heavy atom. The second-order valence-electron chi connectivity index (χ2n) is 11.8. The first-order chi connectivity index (χ1) is 17.4. The minimum atomic E-state index is -1.60. The zero-order valence-electron chi connectivity index (χ0n) is 21.6. The molecular weight excluding hydrogens is 479 g/mol. The number of hydrogen-bond acceptors (Lipinski definition) is 8. The Morgan fingerprint density at radius 3 is 2.59 bits per heavy atom. The lowest BCUT2D eigenvalue weighted by Gasteiger charge is -2.56. The van der Waals surface area contributed by atoms with Crippen LogP contribution in [0.3, 0.4) is 0 Å². The number of methoxy groups -OCH3 is 1. The Bertz CT molecular complexity index is 1280. The highest BCUT2D eigenvalue weighted by atomic mass is 19.1. The van der Waals surface area contributed by atoms with Crippen molar-refractivity contribution in [2.45, 2.75) is 70.4 Å². The van der Waals surface area contributed by atoms with E-state index in [1.54, 1.807) is 13.0 Å². The molecule has 0 radical (unpaired) electrons.